The number of carbonyl (C=O) groups excluding carboxylic acids is 6. The highest BCUT2D eigenvalue weighted by molar-refractivity contribution is 5.84. The molecule has 7 heterocycles. The molecule has 25 nitrogen and oxygen atoms in total. The fraction of sp³-hybridized carbons (Fsp3) is 0.821. The number of aryl methyl sites for hydroxylation is 2. The maximum atomic E-state index is 11.3. The number of pyridine rings is 1. The zero-order valence-corrected chi connectivity index (χ0v) is 69.3. The van der Waals surface area contributed by atoms with Crippen molar-refractivity contribution in [3.8, 4) is 0 Å². The largest absolute Gasteiger partial charge is 0.393 e. The fourth-order valence-electron chi connectivity index (χ4n) is 10.9. The smallest absolute Gasteiger partial charge is 0.239 e. The van der Waals surface area contributed by atoms with E-state index in [-0.39, 0.29) is 77.8 Å². The number of nitrogens with one attached hydrogen (secondary N) is 9. The number of imidazole rings is 1. The number of ether oxygens (including phenoxy) is 2. The highest BCUT2D eigenvalue weighted by Crippen LogP contribution is 2.19. The molecular weight excluding hydrogens is 1300 g/mol. The zero-order valence-electron chi connectivity index (χ0n) is 69.3. The van der Waals surface area contributed by atoms with Crippen LogP contribution in [0, 0.1) is 5.92 Å². The molecule has 0 radical (unpaired) electrons. The molecule has 25 heteroatoms. The van der Waals surface area contributed by atoms with E-state index in [1.54, 1.807) is 23.6 Å². The summed E-state index contributed by atoms with van der Waals surface area (Å²) in [6.07, 6.45) is 17.4. The predicted molar refractivity (Wildman–Crippen MR) is 423 cm³/mol. The van der Waals surface area contributed by atoms with Crippen LogP contribution < -0.4 is 53.6 Å². The Kier molecular flexibility index (Phi) is 57.1. The van der Waals surface area contributed by atoms with Crippen LogP contribution in [-0.2, 0) is 58.1 Å². The van der Waals surface area contributed by atoms with E-state index < -0.39 is 0 Å². The number of hydrogen-bond acceptors (Lipinski definition) is 18. The number of hydrogen-bond donors (Lipinski definition) is 11. The topological polar surface area (TPSA) is 316 Å². The lowest BCUT2D eigenvalue weighted by molar-refractivity contribution is -0.130. The number of likely N-dealkylation sites (tertiary alicyclic amines) is 2. The molecule has 2 aromatic rings. The summed E-state index contributed by atoms with van der Waals surface area (Å²) in [6.45, 7) is 56.8. The average Bonchev–Trinajstić information content (AvgIpc) is 1.74. The van der Waals surface area contributed by atoms with E-state index in [0.717, 1.165) is 134 Å². The summed E-state index contributed by atoms with van der Waals surface area (Å²) in [6, 6.07) is 9.20. The molecule has 1 saturated carbocycles. The third-order valence-electron chi connectivity index (χ3n) is 15.8. The number of rotatable bonds is 24. The van der Waals surface area contributed by atoms with Gasteiger partial charge in [-0.15, -0.1) is 0 Å². The second-order valence-corrected chi connectivity index (χ2v) is 30.9. The van der Waals surface area contributed by atoms with Crippen molar-refractivity contribution in [3.05, 3.63) is 48.3 Å². The second kappa shape index (κ2) is 58.9. The second-order valence-electron chi connectivity index (χ2n) is 30.9. The number of nitrogens with zero attached hydrogens (tertiary/aromatic N) is 6. The molecule has 0 bridgehead atoms. The first kappa shape index (κ1) is 99.8. The highest BCUT2D eigenvalue weighted by atomic mass is 16.5. The Labute approximate surface area is 625 Å². The molecule has 8 rings (SSSR count). The van der Waals surface area contributed by atoms with Gasteiger partial charge in [-0.2, -0.15) is 0 Å². The van der Waals surface area contributed by atoms with Crippen LogP contribution in [0.25, 0.3) is 0 Å². The first-order chi connectivity index (χ1) is 48.3. The van der Waals surface area contributed by atoms with Crippen molar-refractivity contribution >= 4 is 35.4 Å². The van der Waals surface area contributed by atoms with Crippen molar-refractivity contribution in [2.45, 2.75) is 333 Å². The van der Waals surface area contributed by atoms with E-state index in [1.807, 2.05) is 111 Å². The van der Waals surface area contributed by atoms with E-state index in [4.69, 9.17) is 15.2 Å². The Hall–Kier alpha value is -5.22. The van der Waals surface area contributed by atoms with E-state index in [9.17, 15) is 33.9 Å². The zero-order chi connectivity index (χ0) is 78.7. The quantitative estimate of drug-likeness (QED) is 0.0487. The number of aliphatic hydroxyl groups is 1. The molecule has 0 aromatic carbocycles. The van der Waals surface area contributed by atoms with Crippen molar-refractivity contribution in [3.63, 3.8) is 0 Å². The maximum absolute atomic E-state index is 11.3. The number of likely N-dealkylation sites (N-methyl/N-ethyl adjacent to an activating group) is 1. The average molecular weight is 1460 g/mol. The van der Waals surface area contributed by atoms with E-state index in [0.29, 0.717) is 73.6 Å². The molecule has 103 heavy (non-hydrogen) atoms. The summed E-state index contributed by atoms with van der Waals surface area (Å²) in [7, 11) is 3.74. The van der Waals surface area contributed by atoms with Crippen molar-refractivity contribution in [2.75, 3.05) is 72.7 Å². The van der Waals surface area contributed by atoms with Crippen LogP contribution >= 0.6 is 0 Å². The van der Waals surface area contributed by atoms with Gasteiger partial charge in [0.25, 0.3) is 0 Å². The first-order valence-corrected chi connectivity index (χ1v) is 39.0. The summed E-state index contributed by atoms with van der Waals surface area (Å²) in [5.74, 6) is 1.60. The minimum absolute atomic E-state index is 0.0219. The SMILES string of the molecule is CC(C)C.CC(C)N1CCC(N)C1=O.CC(C)NC(=O)CCc1cccnc1.CC(C)NC(=O)Cc1cn(C)cn1.CC(C)NC1CCC(O)CC1.CC(C)NC1CCN(C)C1=O.CC(C)NC1CCNC1=O.CC(C)NC1CCOC1.CC(C)NC1COC1.CCN(CC)CCC(=O)NC(C)C. The van der Waals surface area contributed by atoms with Gasteiger partial charge >= 0.3 is 0 Å². The van der Waals surface area contributed by atoms with Gasteiger partial charge in [-0.05, 0) is 144 Å². The normalized spacial score (nSPS) is 19.8. The van der Waals surface area contributed by atoms with Gasteiger partial charge in [0.1, 0.15) is 0 Å². The summed E-state index contributed by atoms with van der Waals surface area (Å²) in [5.41, 5.74) is 7.42. The van der Waals surface area contributed by atoms with Crippen molar-refractivity contribution in [2.24, 2.45) is 18.7 Å². The van der Waals surface area contributed by atoms with Gasteiger partial charge in [-0.1, -0.05) is 110 Å². The predicted octanol–water partition coefficient (Wildman–Crippen LogP) is 7.42. The van der Waals surface area contributed by atoms with Crippen LogP contribution in [0.2, 0.25) is 0 Å². The Morgan fingerprint density at radius 3 is 1.48 bits per heavy atom. The number of amides is 6. The Bertz CT molecular complexity index is 2460. The Balaban J connectivity index is 0. The fourth-order valence-corrected chi connectivity index (χ4v) is 10.9. The Morgan fingerprint density at radius 2 is 1.11 bits per heavy atom. The molecule has 6 fully saturated rings. The molecule has 6 amide bonds. The molecule has 6 aliphatic rings. The van der Waals surface area contributed by atoms with Crippen LogP contribution in [0.4, 0.5) is 0 Å². The van der Waals surface area contributed by atoms with Gasteiger partial charge in [0.15, 0.2) is 0 Å². The van der Waals surface area contributed by atoms with Crippen LogP contribution in [-0.4, -0.2) is 239 Å². The van der Waals surface area contributed by atoms with Crippen LogP contribution in [0.15, 0.2) is 37.1 Å². The molecule has 4 unspecified atom stereocenters. The van der Waals surface area contributed by atoms with Gasteiger partial charge in [0.2, 0.25) is 35.4 Å². The monoisotopic (exact) mass is 1460 g/mol. The minimum atomic E-state index is -0.234. The Morgan fingerprint density at radius 1 is 0.602 bits per heavy atom. The van der Waals surface area contributed by atoms with E-state index in [2.05, 4.69) is 153 Å². The molecule has 5 saturated heterocycles. The van der Waals surface area contributed by atoms with Crippen LogP contribution in [0.1, 0.15) is 235 Å². The number of aromatic nitrogens is 3. The summed E-state index contributed by atoms with van der Waals surface area (Å²) >= 11 is 0. The van der Waals surface area contributed by atoms with Gasteiger partial charge in [0, 0.05) is 145 Å². The van der Waals surface area contributed by atoms with Crippen molar-refractivity contribution in [1.82, 2.24) is 77.1 Å². The lowest BCUT2D eigenvalue weighted by atomic mass is 9.93. The standard InChI is InChI=1S/C11H16N2O.C10H22N2O.C9H15N3O.C9H19NO.C8H16N2O.2C7H14N2O.C7H15NO.C6H13NO.C4H10/c1-9(2)13-11(14)6-5-10-4-3-7-12-8-10;1-5-12(6-2)8-7-10(13)11-9(3)4;1-7(2)11-9(13)4-8-5-12(3)6-10-8;1-7(2)10-8-3-5-9(11)6-4-8;1-6(2)9-7-4-5-10(3)8(7)11;1-5(2)9-4-3-6(8)7(9)10;1-5(2)9-6-3-4-8-7(6)10;1-6(2)8-7-3-4-9-5-7;1-5(2)7-6-3-8-4-6;1-4(2)3/h3-4,7-9H,5-6H2,1-2H3,(H,13,14);9H,5-8H2,1-4H3,(H,11,13);5-7H,4H2,1-3H3,(H,11,13);7-11H,3-6H2,1-2H3;6-7,9H,4-5H2,1-3H3;5-6H,3-4,8H2,1-2H3;5-6,9H,3-4H2,1-2H3,(H,8,10);6-8H,3-5H2,1-2H3;5-7H,3-4H2,1-2H3;4H,1-3H3. The van der Waals surface area contributed by atoms with Gasteiger partial charge in [0.05, 0.1) is 68.5 Å². The van der Waals surface area contributed by atoms with Crippen LogP contribution in [0.5, 0.6) is 0 Å². The van der Waals surface area contributed by atoms with E-state index in [1.165, 1.54) is 6.42 Å². The molecule has 0 spiro atoms. The summed E-state index contributed by atoms with van der Waals surface area (Å²) < 4.78 is 12.0. The summed E-state index contributed by atoms with van der Waals surface area (Å²) in [5, 5.41) is 37.2. The lowest BCUT2D eigenvalue weighted by Crippen LogP contribution is -2.48. The van der Waals surface area contributed by atoms with E-state index >= 15 is 0 Å². The minimum Gasteiger partial charge on any atom is -0.393 e. The molecule has 12 N–H and O–H groups in total. The third kappa shape index (κ3) is 55.8. The lowest BCUT2D eigenvalue weighted by Gasteiger charge is -2.28. The van der Waals surface area contributed by atoms with Gasteiger partial charge in [-0.25, -0.2) is 4.98 Å². The summed E-state index contributed by atoms with van der Waals surface area (Å²) in [4.78, 5) is 81.1. The third-order valence-corrected chi connectivity index (χ3v) is 15.8. The molecule has 2 aromatic heterocycles. The van der Waals surface area contributed by atoms with Crippen molar-refractivity contribution < 1.29 is 43.3 Å². The molecular formula is C78H154N16O9. The molecule has 600 valence electrons. The number of aliphatic hydroxyl groups excluding tert-OH is 1. The maximum Gasteiger partial charge on any atom is 0.239 e. The highest BCUT2D eigenvalue weighted by Gasteiger charge is 2.31. The number of carbonyl (C=O) groups is 6. The van der Waals surface area contributed by atoms with Crippen molar-refractivity contribution in [1.29, 1.82) is 0 Å². The molecule has 4 atom stereocenters. The van der Waals surface area contributed by atoms with Crippen LogP contribution in [0.3, 0.4) is 0 Å². The van der Waals surface area contributed by atoms with Gasteiger partial charge < -0.3 is 87.4 Å². The first-order valence-electron chi connectivity index (χ1n) is 39.0. The molecule has 1 aliphatic carbocycles. The van der Waals surface area contributed by atoms with Gasteiger partial charge in [-0.3, -0.25) is 33.8 Å². The number of nitrogens with two attached hydrogens (primary N) is 1. The molecule has 5 aliphatic heterocycles.